The predicted molar refractivity (Wildman–Crippen MR) is 63.6 cm³/mol. The normalized spacial score (nSPS) is 10.1. The lowest BCUT2D eigenvalue weighted by Gasteiger charge is -2.08. The molecule has 0 N–H and O–H groups in total. The summed E-state index contributed by atoms with van der Waals surface area (Å²) in [5.74, 6) is 1.02. The van der Waals surface area contributed by atoms with Crippen LogP contribution in [0.1, 0.15) is 5.56 Å². The number of halogens is 1. The van der Waals surface area contributed by atoms with Crippen LogP contribution in [0.4, 0.5) is 0 Å². The molecule has 0 fully saturated rings. The molecular formula is C12H11ClN2O. The van der Waals surface area contributed by atoms with E-state index in [0.29, 0.717) is 11.8 Å². The summed E-state index contributed by atoms with van der Waals surface area (Å²) in [6, 6.07) is 5.81. The average molecular weight is 235 g/mol. The lowest BCUT2D eigenvalue weighted by molar-refractivity contribution is 0.399. The Balaban J connectivity index is 2.53. The quantitative estimate of drug-likeness (QED) is 0.766. The highest BCUT2D eigenvalue weighted by Gasteiger charge is 2.08. The fourth-order valence-corrected chi connectivity index (χ4v) is 1.61. The first-order valence-corrected chi connectivity index (χ1v) is 5.38. The van der Waals surface area contributed by atoms with Gasteiger partial charge in [-0.25, -0.2) is 4.98 Å². The van der Waals surface area contributed by atoms with Crippen molar-refractivity contribution in [3.05, 3.63) is 42.4 Å². The maximum Gasteiger partial charge on any atom is 0.221 e. The Kier molecular flexibility index (Phi) is 3.37. The Morgan fingerprint density at radius 1 is 1.38 bits per heavy atom. The number of hydrogen-bond donors (Lipinski definition) is 0. The third-order valence-electron chi connectivity index (χ3n) is 2.23. The summed E-state index contributed by atoms with van der Waals surface area (Å²) in [7, 11) is 1.60. The van der Waals surface area contributed by atoms with Crippen LogP contribution in [0.5, 0.6) is 5.88 Å². The van der Waals surface area contributed by atoms with Gasteiger partial charge in [-0.1, -0.05) is 6.07 Å². The van der Waals surface area contributed by atoms with Crippen LogP contribution in [0.25, 0.3) is 11.1 Å². The molecule has 2 aromatic rings. The molecular weight excluding hydrogens is 224 g/mol. The van der Waals surface area contributed by atoms with Gasteiger partial charge in [-0.05, 0) is 17.7 Å². The number of nitrogens with zero attached hydrogens (tertiary/aromatic N) is 2. The molecule has 82 valence electrons. The minimum absolute atomic E-state index is 0.435. The summed E-state index contributed by atoms with van der Waals surface area (Å²) < 4.78 is 5.22. The molecule has 4 heteroatoms. The fourth-order valence-electron chi connectivity index (χ4n) is 1.46. The summed E-state index contributed by atoms with van der Waals surface area (Å²) in [4.78, 5) is 8.29. The van der Waals surface area contributed by atoms with Gasteiger partial charge in [0.15, 0.2) is 0 Å². The lowest BCUT2D eigenvalue weighted by atomic mass is 10.1. The van der Waals surface area contributed by atoms with E-state index >= 15 is 0 Å². The molecule has 0 spiro atoms. The second kappa shape index (κ2) is 4.94. The zero-order chi connectivity index (χ0) is 11.4. The number of rotatable bonds is 3. The van der Waals surface area contributed by atoms with Crippen molar-refractivity contribution in [2.75, 3.05) is 7.11 Å². The van der Waals surface area contributed by atoms with E-state index in [0.717, 1.165) is 16.7 Å². The standard InChI is InChI=1S/C12H11ClN2O/c1-16-12-11(5-9(6-13)7-15-12)10-3-2-4-14-8-10/h2-5,7-8H,6H2,1H3. The van der Waals surface area contributed by atoms with Crippen LogP contribution >= 0.6 is 11.6 Å². The first-order valence-electron chi connectivity index (χ1n) is 4.84. The van der Waals surface area contributed by atoms with Crippen molar-refractivity contribution >= 4 is 11.6 Å². The summed E-state index contributed by atoms with van der Waals surface area (Å²) in [6.45, 7) is 0. The monoisotopic (exact) mass is 234 g/mol. The Hall–Kier alpha value is -1.61. The maximum atomic E-state index is 5.79. The van der Waals surface area contributed by atoms with E-state index in [1.54, 1.807) is 25.7 Å². The van der Waals surface area contributed by atoms with Crippen molar-refractivity contribution in [2.45, 2.75) is 5.88 Å². The van der Waals surface area contributed by atoms with E-state index in [1.807, 2.05) is 18.2 Å². The van der Waals surface area contributed by atoms with E-state index < -0.39 is 0 Å². The topological polar surface area (TPSA) is 35.0 Å². The Labute approximate surface area is 99.1 Å². The van der Waals surface area contributed by atoms with Gasteiger partial charge in [0, 0.05) is 35.6 Å². The predicted octanol–water partition coefficient (Wildman–Crippen LogP) is 2.89. The van der Waals surface area contributed by atoms with Gasteiger partial charge in [0.2, 0.25) is 5.88 Å². The molecule has 0 unspecified atom stereocenters. The van der Waals surface area contributed by atoms with Crippen LogP contribution in [0.3, 0.4) is 0 Å². The van der Waals surface area contributed by atoms with Gasteiger partial charge in [0.05, 0.1) is 7.11 Å². The van der Waals surface area contributed by atoms with E-state index in [1.165, 1.54) is 0 Å². The molecule has 2 aromatic heterocycles. The number of methoxy groups -OCH3 is 1. The van der Waals surface area contributed by atoms with Gasteiger partial charge < -0.3 is 4.74 Å². The summed E-state index contributed by atoms with van der Waals surface area (Å²) >= 11 is 5.79. The SMILES string of the molecule is COc1ncc(CCl)cc1-c1cccnc1. The first-order chi connectivity index (χ1) is 7.85. The fraction of sp³-hybridized carbons (Fsp3) is 0.167. The van der Waals surface area contributed by atoms with Gasteiger partial charge >= 0.3 is 0 Å². The molecule has 0 aliphatic heterocycles. The van der Waals surface area contributed by atoms with Crippen LogP contribution in [-0.4, -0.2) is 17.1 Å². The largest absolute Gasteiger partial charge is 0.481 e. The van der Waals surface area contributed by atoms with Crippen molar-refractivity contribution in [3.8, 4) is 17.0 Å². The molecule has 0 aliphatic rings. The highest BCUT2D eigenvalue weighted by molar-refractivity contribution is 6.17. The van der Waals surface area contributed by atoms with Crippen molar-refractivity contribution in [1.29, 1.82) is 0 Å². The van der Waals surface area contributed by atoms with Crippen LogP contribution < -0.4 is 4.74 Å². The minimum Gasteiger partial charge on any atom is -0.481 e. The maximum absolute atomic E-state index is 5.79. The first kappa shape index (κ1) is 10.9. The molecule has 0 saturated heterocycles. The molecule has 0 radical (unpaired) electrons. The van der Waals surface area contributed by atoms with Gasteiger partial charge in [-0.15, -0.1) is 11.6 Å². The van der Waals surface area contributed by atoms with E-state index in [9.17, 15) is 0 Å². The number of pyridine rings is 2. The highest BCUT2D eigenvalue weighted by atomic mass is 35.5. The van der Waals surface area contributed by atoms with Crippen LogP contribution in [0, 0.1) is 0 Å². The van der Waals surface area contributed by atoms with Gasteiger partial charge in [-0.3, -0.25) is 4.98 Å². The van der Waals surface area contributed by atoms with Crippen LogP contribution in [-0.2, 0) is 5.88 Å². The van der Waals surface area contributed by atoms with E-state index in [2.05, 4.69) is 9.97 Å². The summed E-state index contributed by atoms with van der Waals surface area (Å²) in [5.41, 5.74) is 2.84. The molecule has 0 saturated carbocycles. The van der Waals surface area contributed by atoms with Gasteiger partial charge in [0.1, 0.15) is 0 Å². The zero-order valence-corrected chi connectivity index (χ0v) is 9.61. The molecule has 0 amide bonds. The van der Waals surface area contributed by atoms with Crippen LogP contribution in [0.2, 0.25) is 0 Å². The van der Waals surface area contributed by atoms with Crippen molar-refractivity contribution in [3.63, 3.8) is 0 Å². The lowest BCUT2D eigenvalue weighted by Crippen LogP contribution is -1.93. The molecule has 2 heterocycles. The number of ether oxygens (including phenoxy) is 1. The van der Waals surface area contributed by atoms with Gasteiger partial charge in [-0.2, -0.15) is 0 Å². The molecule has 0 aliphatic carbocycles. The third-order valence-corrected chi connectivity index (χ3v) is 2.54. The van der Waals surface area contributed by atoms with Crippen LogP contribution in [0.15, 0.2) is 36.8 Å². The second-order valence-corrected chi connectivity index (χ2v) is 3.54. The summed E-state index contributed by atoms with van der Waals surface area (Å²) in [6.07, 6.45) is 5.22. The number of hydrogen-bond acceptors (Lipinski definition) is 3. The van der Waals surface area contributed by atoms with Gasteiger partial charge in [0.25, 0.3) is 0 Å². The zero-order valence-electron chi connectivity index (χ0n) is 8.85. The van der Waals surface area contributed by atoms with Crippen molar-refractivity contribution in [1.82, 2.24) is 9.97 Å². The molecule has 16 heavy (non-hydrogen) atoms. The Morgan fingerprint density at radius 2 is 2.25 bits per heavy atom. The van der Waals surface area contributed by atoms with E-state index in [4.69, 9.17) is 16.3 Å². The Bertz CT molecular complexity index is 474. The van der Waals surface area contributed by atoms with E-state index in [-0.39, 0.29) is 0 Å². The summed E-state index contributed by atoms with van der Waals surface area (Å²) in [5, 5.41) is 0. The van der Waals surface area contributed by atoms with Crippen molar-refractivity contribution in [2.24, 2.45) is 0 Å². The molecule has 0 atom stereocenters. The molecule has 3 nitrogen and oxygen atoms in total. The van der Waals surface area contributed by atoms with Crippen molar-refractivity contribution < 1.29 is 4.74 Å². The molecule has 2 rings (SSSR count). The highest BCUT2D eigenvalue weighted by Crippen LogP contribution is 2.28. The Morgan fingerprint density at radius 3 is 2.88 bits per heavy atom. The molecule has 0 aromatic carbocycles. The molecule has 0 bridgehead atoms. The smallest absolute Gasteiger partial charge is 0.221 e. The average Bonchev–Trinajstić information content (AvgIpc) is 2.39. The third kappa shape index (κ3) is 2.14. The number of aromatic nitrogens is 2. The minimum atomic E-state index is 0.435. The number of alkyl halides is 1. The second-order valence-electron chi connectivity index (χ2n) is 3.28.